The fourth-order valence-corrected chi connectivity index (χ4v) is 2.27. The molecule has 0 spiro atoms. The first-order valence-corrected chi connectivity index (χ1v) is 7.35. The fourth-order valence-electron chi connectivity index (χ4n) is 1.71. The van der Waals surface area contributed by atoms with Gasteiger partial charge >= 0.3 is 0 Å². The van der Waals surface area contributed by atoms with Gasteiger partial charge in [0.1, 0.15) is 4.60 Å². The molecule has 0 saturated heterocycles. The van der Waals surface area contributed by atoms with Crippen molar-refractivity contribution < 1.29 is 4.92 Å². The Bertz CT molecular complexity index is 662. The Labute approximate surface area is 132 Å². The number of benzene rings is 1. The van der Waals surface area contributed by atoms with Gasteiger partial charge in [0.15, 0.2) is 0 Å². The van der Waals surface area contributed by atoms with Gasteiger partial charge in [0.05, 0.1) is 16.8 Å². The molecule has 1 aromatic carbocycles. The summed E-state index contributed by atoms with van der Waals surface area (Å²) in [5, 5.41) is 14.2. The normalized spacial score (nSPS) is 10.3. The van der Waals surface area contributed by atoms with E-state index in [-0.39, 0.29) is 10.6 Å². The standard InChI is InChI=1S/C13H11Br2N3O2/c1-8-4-11(7-17-13(8)15)16-6-9-2-3-10(14)5-12(9)18(19)20/h2-5,7,16H,6H2,1H3. The number of aryl methyl sites for hydroxylation is 1. The van der Waals surface area contributed by atoms with Crippen LogP contribution in [0.15, 0.2) is 39.5 Å². The zero-order valence-electron chi connectivity index (χ0n) is 10.6. The van der Waals surface area contributed by atoms with E-state index in [1.54, 1.807) is 18.3 Å². The van der Waals surface area contributed by atoms with Gasteiger partial charge in [-0.2, -0.15) is 0 Å². The van der Waals surface area contributed by atoms with Crippen molar-refractivity contribution in [2.24, 2.45) is 0 Å². The van der Waals surface area contributed by atoms with Gasteiger partial charge in [0, 0.05) is 22.6 Å². The Morgan fingerprint density at radius 1 is 1.35 bits per heavy atom. The molecule has 5 nitrogen and oxygen atoms in total. The number of nitro benzene ring substituents is 1. The Morgan fingerprint density at radius 3 is 2.75 bits per heavy atom. The second-order valence-electron chi connectivity index (χ2n) is 4.22. The first-order valence-electron chi connectivity index (χ1n) is 5.76. The number of hydrogen-bond acceptors (Lipinski definition) is 4. The Hall–Kier alpha value is -1.47. The quantitative estimate of drug-likeness (QED) is 0.468. The highest BCUT2D eigenvalue weighted by molar-refractivity contribution is 9.10. The van der Waals surface area contributed by atoms with Crippen LogP contribution < -0.4 is 5.32 Å². The summed E-state index contributed by atoms with van der Waals surface area (Å²) in [7, 11) is 0. The molecule has 0 atom stereocenters. The number of hydrogen-bond donors (Lipinski definition) is 1. The van der Waals surface area contributed by atoms with Gasteiger partial charge in [0.2, 0.25) is 0 Å². The van der Waals surface area contributed by atoms with Crippen molar-refractivity contribution in [2.45, 2.75) is 13.5 Å². The van der Waals surface area contributed by atoms with E-state index >= 15 is 0 Å². The highest BCUT2D eigenvalue weighted by atomic mass is 79.9. The van der Waals surface area contributed by atoms with Crippen molar-refractivity contribution in [3.63, 3.8) is 0 Å². The smallest absolute Gasteiger partial charge is 0.275 e. The van der Waals surface area contributed by atoms with Gasteiger partial charge in [0.25, 0.3) is 5.69 Å². The van der Waals surface area contributed by atoms with Gasteiger partial charge in [-0.25, -0.2) is 4.98 Å². The lowest BCUT2D eigenvalue weighted by atomic mass is 10.2. The predicted octanol–water partition coefficient (Wildman–Crippen LogP) is 4.44. The lowest BCUT2D eigenvalue weighted by molar-refractivity contribution is -0.385. The summed E-state index contributed by atoms with van der Waals surface area (Å²) < 4.78 is 1.48. The van der Waals surface area contributed by atoms with Crippen LogP contribution >= 0.6 is 31.9 Å². The molecular weight excluding hydrogens is 390 g/mol. The number of nitro groups is 1. The molecule has 7 heteroatoms. The molecule has 0 aliphatic rings. The van der Waals surface area contributed by atoms with Crippen LogP contribution in [0.2, 0.25) is 0 Å². The van der Waals surface area contributed by atoms with Crippen molar-refractivity contribution in [1.82, 2.24) is 4.98 Å². The van der Waals surface area contributed by atoms with Crippen molar-refractivity contribution in [2.75, 3.05) is 5.32 Å². The van der Waals surface area contributed by atoms with Crippen LogP contribution in [0.25, 0.3) is 0 Å². The molecular formula is C13H11Br2N3O2. The molecule has 0 aliphatic carbocycles. The summed E-state index contributed by atoms with van der Waals surface area (Å²) in [6, 6.07) is 6.95. The van der Waals surface area contributed by atoms with E-state index in [0.29, 0.717) is 16.6 Å². The lowest BCUT2D eigenvalue weighted by Gasteiger charge is -2.08. The average molecular weight is 401 g/mol. The third-order valence-corrected chi connectivity index (χ3v) is 4.06. The van der Waals surface area contributed by atoms with Crippen LogP contribution in [0, 0.1) is 17.0 Å². The number of aromatic nitrogens is 1. The minimum absolute atomic E-state index is 0.0914. The maximum atomic E-state index is 11.0. The first kappa shape index (κ1) is 14.9. The number of rotatable bonds is 4. The molecule has 0 bridgehead atoms. The maximum Gasteiger partial charge on any atom is 0.275 e. The van der Waals surface area contributed by atoms with E-state index in [4.69, 9.17) is 0 Å². The average Bonchev–Trinajstić information content (AvgIpc) is 2.41. The van der Waals surface area contributed by atoms with Crippen molar-refractivity contribution in [3.8, 4) is 0 Å². The van der Waals surface area contributed by atoms with Crippen LogP contribution in [0.5, 0.6) is 0 Å². The second-order valence-corrected chi connectivity index (χ2v) is 5.88. The third-order valence-electron chi connectivity index (χ3n) is 2.74. The number of anilines is 1. The fraction of sp³-hybridized carbons (Fsp3) is 0.154. The van der Waals surface area contributed by atoms with Gasteiger partial charge < -0.3 is 5.32 Å². The van der Waals surface area contributed by atoms with E-state index in [0.717, 1.165) is 15.9 Å². The molecule has 1 aromatic heterocycles. The number of nitrogens with one attached hydrogen (secondary N) is 1. The molecule has 20 heavy (non-hydrogen) atoms. The Balaban J connectivity index is 2.18. The van der Waals surface area contributed by atoms with Crippen molar-refractivity contribution in [3.05, 3.63) is 60.8 Å². The van der Waals surface area contributed by atoms with Crippen molar-refractivity contribution in [1.29, 1.82) is 0 Å². The van der Waals surface area contributed by atoms with Crippen molar-refractivity contribution >= 4 is 43.2 Å². The Kier molecular flexibility index (Phi) is 4.72. The number of halogens is 2. The molecule has 0 aliphatic heterocycles. The topological polar surface area (TPSA) is 68.1 Å². The summed E-state index contributed by atoms with van der Waals surface area (Å²) in [6.07, 6.45) is 1.68. The summed E-state index contributed by atoms with van der Waals surface area (Å²) in [5.41, 5.74) is 2.54. The molecule has 1 heterocycles. The minimum Gasteiger partial charge on any atom is -0.379 e. The molecule has 2 aromatic rings. The van der Waals surface area contributed by atoms with E-state index in [1.807, 2.05) is 13.0 Å². The Morgan fingerprint density at radius 2 is 2.10 bits per heavy atom. The molecule has 0 amide bonds. The molecule has 1 N–H and O–H groups in total. The number of pyridine rings is 1. The van der Waals surface area contributed by atoms with E-state index in [1.165, 1.54) is 6.07 Å². The van der Waals surface area contributed by atoms with Crippen LogP contribution in [-0.4, -0.2) is 9.91 Å². The monoisotopic (exact) mass is 399 g/mol. The molecule has 0 fully saturated rings. The molecule has 0 saturated carbocycles. The van der Waals surface area contributed by atoms with E-state index < -0.39 is 0 Å². The predicted molar refractivity (Wildman–Crippen MR) is 84.8 cm³/mol. The third kappa shape index (κ3) is 3.55. The van der Waals surface area contributed by atoms with Gasteiger partial charge in [-0.15, -0.1) is 0 Å². The van der Waals surface area contributed by atoms with E-state index in [2.05, 4.69) is 42.2 Å². The highest BCUT2D eigenvalue weighted by Gasteiger charge is 2.13. The van der Waals surface area contributed by atoms with Crippen LogP contribution in [0.4, 0.5) is 11.4 Å². The largest absolute Gasteiger partial charge is 0.379 e. The lowest BCUT2D eigenvalue weighted by Crippen LogP contribution is -2.03. The summed E-state index contributed by atoms with van der Waals surface area (Å²) in [5.74, 6) is 0. The SMILES string of the molecule is Cc1cc(NCc2ccc(Br)cc2[N+](=O)[O-])cnc1Br. The highest BCUT2D eigenvalue weighted by Crippen LogP contribution is 2.25. The summed E-state index contributed by atoms with van der Waals surface area (Å²) >= 11 is 6.57. The van der Waals surface area contributed by atoms with Crippen LogP contribution in [-0.2, 0) is 6.54 Å². The molecule has 104 valence electrons. The molecule has 0 radical (unpaired) electrons. The maximum absolute atomic E-state index is 11.0. The zero-order valence-corrected chi connectivity index (χ0v) is 13.7. The first-order chi connectivity index (χ1) is 9.47. The van der Waals surface area contributed by atoms with Crippen LogP contribution in [0.3, 0.4) is 0 Å². The molecule has 0 unspecified atom stereocenters. The van der Waals surface area contributed by atoms with Gasteiger partial charge in [-0.1, -0.05) is 15.9 Å². The summed E-state index contributed by atoms with van der Waals surface area (Å²) in [4.78, 5) is 14.8. The van der Waals surface area contributed by atoms with Gasteiger partial charge in [-0.3, -0.25) is 10.1 Å². The minimum atomic E-state index is -0.382. The van der Waals surface area contributed by atoms with Gasteiger partial charge in [-0.05, 0) is 46.6 Å². The zero-order chi connectivity index (χ0) is 14.7. The van der Waals surface area contributed by atoms with Crippen LogP contribution in [0.1, 0.15) is 11.1 Å². The molecule has 2 rings (SSSR count). The summed E-state index contributed by atoms with van der Waals surface area (Å²) in [6.45, 7) is 2.30. The number of nitrogens with zero attached hydrogens (tertiary/aromatic N) is 2. The van der Waals surface area contributed by atoms with E-state index in [9.17, 15) is 10.1 Å². The second kappa shape index (κ2) is 6.32.